The van der Waals surface area contributed by atoms with Gasteiger partial charge in [-0.15, -0.1) is 0 Å². The van der Waals surface area contributed by atoms with Gasteiger partial charge < -0.3 is 15.3 Å². The fourth-order valence-corrected chi connectivity index (χ4v) is 0.864. The maximum Gasteiger partial charge on any atom is 0.454 e. The molecule has 25 heteroatoms. The minimum atomic E-state index is -5.42. The normalized spacial score (nSPS) is 14.1. The van der Waals surface area contributed by atoms with Gasteiger partial charge in [0.15, 0.2) is 0 Å². The van der Waals surface area contributed by atoms with Crippen molar-refractivity contribution in [2.24, 2.45) is 0 Å². The van der Waals surface area contributed by atoms with Crippen molar-refractivity contribution in [3.63, 3.8) is 0 Å². The van der Waals surface area contributed by atoms with Crippen molar-refractivity contribution in [3.05, 3.63) is 35.5 Å². The monoisotopic (exact) mass is 798 g/mol. The van der Waals surface area contributed by atoms with Gasteiger partial charge in [-0.05, 0) is 0 Å². The molecule has 0 rings (SSSR count). The molecule has 0 radical (unpaired) electrons. The van der Waals surface area contributed by atoms with Crippen molar-refractivity contribution in [2.45, 2.75) is 37.1 Å². The summed E-state index contributed by atoms with van der Waals surface area (Å²) in [5, 5.41) is 23.8. The zero-order chi connectivity index (χ0) is 32.6. The molecule has 0 amide bonds. The second-order valence-electron chi connectivity index (χ2n) is 5.67. The fourth-order valence-electron chi connectivity index (χ4n) is 0.864. The van der Waals surface area contributed by atoms with Crippen LogP contribution in [0.1, 0.15) is 0 Å². The molecule has 3 N–H and O–H groups in total. The molecule has 0 aliphatic carbocycles. The topological polar surface area (TPSA) is 112 Å². The molecule has 0 aromatic rings. The Morgan fingerprint density at radius 2 is 0.475 bits per heavy atom. The molecule has 0 saturated heterocycles. The predicted molar refractivity (Wildman–Crippen MR) is 83.5 cm³/mol. The van der Waals surface area contributed by atoms with E-state index >= 15 is 0 Å². The number of allylic oxidation sites excluding steroid dienone is 6. The summed E-state index contributed by atoms with van der Waals surface area (Å²) >= 11 is 0. The van der Waals surface area contributed by atoms with Gasteiger partial charge in [0.25, 0.3) is 17.3 Å². The van der Waals surface area contributed by atoms with Gasteiger partial charge >= 0.3 is 37.1 Å². The van der Waals surface area contributed by atoms with E-state index in [1.165, 1.54) is 0 Å². The number of aliphatic hydroxyl groups excluding tert-OH is 3. The molecular weight excluding hydrogens is 791 g/mol. The molecule has 0 unspecified atom stereocenters. The number of ketones is 3. The third-order valence-corrected chi connectivity index (χ3v) is 2.51. The van der Waals surface area contributed by atoms with Crippen molar-refractivity contribution >= 4 is 17.3 Å². The maximum absolute atomic E-state index is 11.4. The van der Waals surface area contributed by atoms with Crippen molar-refractivity contribution in [3.8, 4) is 0 Å². The van der Waals surface area contributed by atoms with Gasteiger partial charge in [0.2, 0.25) is 17.3 Å². The Labute approximate surface area is 244 Å². The van der Waals surface area contributed by atoms with E-state index < -0.39 is 89.9 Å². The molecule has 242 valence electrons. The standard InChI is InChI=1S/3C5H2F6O2.Yb/c3*6-4(7,8)2(12)1-3(13)5(9,10)11;/h3*1,12H;/b3*2-1-;. The van der Waals surface area contributed by atoms with Gasteiger partial charge in [-0.2, -0.15) is 79.0 Å². The first-order chi connectivity index (χ1) is 16.6. The van der Waals surface area contributed by atoms with Crippen LogP contribution < -0.4 is 0 Å². The van der Waals surface area contributed by atoms with Crippen molar-refractivity contribution < 1.29 is 156 Å². The van der Waals surface area contributed by atoms with Gasteiger partial charge in [-0.25, -0.2) is 0 Å². The van der Waals surface area contributed by atoms with E-state index in [-0.39, 0.29) is 46.9 Å². The minimum Gasteiger partial charge on any atom is -0.504 e. The number of rotatable bonds is 3. The second-order valence-corrected chi connectivity index (χ2v) is 5.67. The number of hydrogen-bond acceptors (Lipinski definition) is 6. The summed E-state index contributed by atoms with van der Waals surface area (Å²) in [4.78, 5) is 29.6. The smallest absolute Gasteiger partial charge is 0.454 e. The molecular formula is C15H6F18O6Yb. The summed E-state index contributed by atoms with van der Waals surface area (Å²) in [7, 11) is 0. The first-order valence-electron chi connectivity index (χ1n) is 7.92. The van der Waals surface area contributed by atoms with Gasteiger partial charge in [0, 0.05) is 65.2 Å². The molecule has 0 bridgehead atoms. The van der Waals surface area contributed by atoms with Crippen LogP contribution in [0.25, 0.3) is 0 Å². The molecule has 0 spiro atoms. The minimum absolute atomic E-state index is 0. The number of aliphatic hydroxyl groups is 3. The summed E-state index contributed by atoms with van der Waals surface area (Å²) in [5.41, 5.74) is 0. The Morgan fingerprint density at radius 3 is 0.550 bits per heavy atom. The zero-order valence-corrected chi connectivity index (χ0v) is 19.1. The fraction of sp³-hybridized carbons (Fsp3) is 0.400. The Balaban J connectivity index is -0.000000240. The molecule has 0 heterocycles. The third kappa shape index (κ3) is 20.7. The molecule has 0 atom stereocenters. The van der Waals surface area contributed by atoms with Gasteiger partial charge in [-0.1, -0.05) is 0 Å². The van der Waals surface area contributed by atoms with Crippen LogP contribution in [0.15, 0.2) is 35.5 Å². The molecule has 0 fully saturated rings. The average Bonchev–Trinajstić information content (AvgIpc) is 2.64. The van der Waals surface area contributed by atoms with E-state index in [0.717, 1.165) is 0 Å². The molecule has 40 heavy (non-hydrogen) atoms. The third-order valence-electron chi connectivity index (χ3n) is 2.51. The van der Waals surface area contributed by atoms with Crippen molar-refractivity contribution in [1.82, 2.24) is 0 Å². The quantitative estimate of drug-likeness (QED) is 0.174. The van der Waals surface area contributed by atoms with Crippen molar-refractivity contribution in [2.75, 3.05) is 0 Å². The van der Waals surface area contributed by atoms with E-state index in [9.17, 15) is 93.4 Å². The second kappa shape index (κ2) is 15.8. The van der Waals surface area contributed by atoms with E-state index in [1.807, 2.05) is 0 Å². The summed E-state index contributed by atoms with van der Waals surface area (Å²) in [6.45, 7) is 0. The predicted octanol–water partition coefficient (Wildman–Crippen LogP) is 6.37. The average molecular weight is 797 g/mol. The number of halogens is 18. The first kappa shape index (κ1) is 44.9. The molecule has 0 saturated carbocycles. The first-order valence-corrected chi connectivity index (χ1v) is 7.92. The van der Waals surface area contributed by atoms with Crippen LogP contribution in [0.2, 0.25) is 0 Å². The Bertz CT molecular complexity index is 834. The summed E-state index contributed by atoms with van der Waals surface area (Å²) in [6, 6.07) is 0. The van der Waals surface area contributed by atoms with Crippen LogP contribution in [0, 0.1) is 46.9 Å². The maximum atomic E-state index is 11.4. The van der Waals surface area contributed by atoms with E-state index in [2.05, 4.69) is 0 Å². The van der Waals surface area contributed by atoms with E-state index in [4.69, 9.17) is 15.3 Å². The van der Waals surface area contributed by atoms with Crippen LogP contribution in [0.3, 0.4) is 0 Å². The summed E-state index contributed by atoms with van der Waals surface area (Å²) < 4.78 is 204. The van der Waals surface area contributed by atoms with Crippen molar-refractivity contribution in [1.29, 1.82) is 0 Å². The SMILES string of the molecule is O=C(/C=C(\O)C(F)(F)F)C(F)(F)F.O=C(/C=C(\O)C(F)(F)F)C(F)(F)F.O=C(/C=C(\O)C(F)(F)F)C(F)(F)F.[Yb]. The van der Waals surface area contributed by atoms with Crippen LogP contribution in [-0.4, -0.2) is 69.7 Å². The van der Waals surface area contributed by atoms with E-state index in [1.54, 1.807) is 0 Å². The number of hydrogen-bond donors (Lipinski definition) is 3. The Kier molecular flexibility index (Phi) is 17.7. The number of alkyl halides is 18. The number of carbonyl (C=O) groups is 3. The van der Waals surface area contributed by atoms with Crippen LogP contribution in [0.5, 0.6) is 0 Å². The largest absolute Gasteiger partial charge is 0.504 e. The number of carbonyl (C=O) groups excluding carboxylic acids is 3. The van der Waals surface area contributed by atoms with E-state index in [0.29, 0.717) is 0 Å². The molecule has 0 aliphatic heterocycles. The van der Waals surface area contributed by atoms with Gasteiger partial charge in [-0.3, -0.25) is 14.4 Å². The Morgan fingerprint density at radius 1 is 0.350 bits per heavy atom. The molecule has 0 aromatic heterocycles. The van der Waals surface area contributed by atoms with Gasteiger partial charge in [0.05, 0.1) is 0 Å². The van der Waals surface area contributed by atoms with Crippen LogP contribution in [-0.2, 0) is 14.4 Å². The summed E-state index contributed by atoms with van der Waals surface area (Å²) in [6.07, 6.45) is -35.0. The zero-order valence-electron chi connectivity index (χ0n) is 17.4. The van der Waals surface area contributed by atoms with Gasteiger partial charge in [0.1, 0.15) is 0 Å². The molecule has 6 nitrogen and oxygen atoms in total. The summed E-state index contributed by atoms with van der Waals surface area (Å²) in [5.74, 6) is -16.0. The molecule has 0 aromatic carbocycles. The Hall–Kier alpha value is -2.11. The molecule has 0 aliphatic rings. The van der Waals surface area contributed by atoms with Crippen LogP contribution in [0.4, 0.5) is 79.0 Å². The van der Waals surface area contributed by atoms with Crippen LogP contribution >= 0.6 is 0 Å².